The summed E-state index contributed by atoms with van der Waals surface area (Å²) in [5, 5.41) is 11.1. The second-order valence-electron chi connectivity index (χ2n) is 5.76. The first kappa shape index (κ1) is 13.3. The lowest BCUT2D eigenvalue weighted by molar-refractivity contribution is 0.0212. The van der Waals surface area contributed by atoms with Crippen LogP contribution in [-0.2, 0) is 12.8 Å². The van der Waals surface area contributed by atoms with Crippen molar-refractivity contribution in [3.8, 4) is 5.75 Å². The lowest BCUT2D eigenvalue weighted by Gasteiger charge is -2.37. The van der Waals surface area contributed by atoms with E-state index >= 15 is 0 Å². The van der Waals surface area contributed by atoms with Crippen LogP contribution in [0.25, 0.3) is 0 Å². The van der Waals surface area contributed by atoms with Crippen molar-refractivity contribution in [3.63, 3.8) is 0 Å². The van der Waals surface area contributed by atoms with Gasteiger partial charge in [0.15, 0.2) is 0 Å². The predicted octanol–water partition coefficient (Wildman–Crippen LogP) is 3.20. The maximum absolute atomic E-state index is 10.7. The van der Waals surface area contributed by atoms with E-state index in [0.29, 0.717) is 5.25 Å². The summed E-state index contributed by atoms with van der Waals surface area (Å²) in [6.45, 7) is 2.98. The largest absolute Gasteiger partial charge is 0.493 e. The van der Waals surface area contributed by atoms with Gasteiger partial charge in [-0.25, -0.2) is 0 Å². The minimum Gasteiger partial charge on any atom is -0.493 e. The Morgan fingerprint density at radius 1 is 1.47 bits per heavy atom. The van der Waals surface area contributed by atoms with Gasteiger partial charge in [-0.2, -0.15) is 11.8 Å². The Hall–Kier alpha value is -0.670. The molecule has 104 valence electrons. The van der Waals surface area contributed by atoms with Crippen molar-refractivity contribution in [2.45, 2.75) is 49.9 Å². The number of aliphatic hydroxyl groups is 1. The zero-order chi connectivity index (χ0) is 13.3. The molecule has 0 aliphatic carbocycles. The van der Waals surface area contributed by atoms with Gasteiger partial charge in [-0.15, -0.1) is 0 Å². The number of hydrogen-bond donors (Lipinski definition) is 1. The smallest absolute Gasteiger partial charge is 0.122 e. The third-order valence-electron chi connectivity index (χ3n) is 4.48. The van der Waals surface area contributed by atoms with Crippen molar-refractivity contribution >= 4 is 11.8 Å². The molecule has 3 rings (SSSR count). The molecule has 2 heterocycles. The normalized spacial score (nSPS) is 29.9. The molecule has 1 aromatic rings. The highest BCUT2D eigenvalue weighted by Gasteiger charge is 2.36. The van der Waals surface area contributed by atoms with Gasteiger partial charge >= 0.3 is 0 Å². The van der Waals surface area contributed by atoms with E-state index in [2.05, 4.69) is 25.1 Å². The molecule has 0 aromatic heterocycles. The summed E-state index contributed by atoms with van der Waals surface area (Å²) in [6.07, 6.45) is 4.97. The highest BCUT2D eigenvalue weighted by atomic mass is 32.2. The Morgan fingerprint density at radius 3 is 3.21 bits per heavy atom. The molecule has 0 amide bonds. The lowest BCUT2D eigenvalue weighted by atomic mass is 9.87. The number of aryl methyl sites for hydroxylation is 1. The number of thioether (sulfide) groups is 1. The highest BCUT2D eigenvalue weighted by molar-refractivity contribution is 8.00. The Kier molecular flexibility index (Phi) is 3.77. The standard InChI is InChI=1S/C16H22O2S/c1-12-16(17,7-2-10-19-12)8-5-13-3-4-15-14(11-13)6-9-18-15/h3-4,11-12,17H,2,5-10H2,1H3. The Labute approximate surface area is 119 Å². The van der Waals surface area contributed by atoms with E-state index in [0.717, 1.165) is 44.5 Å². The van der Waals surface area contributed by atoms with E-state index in [1.807, 2.05) is 11.8 Å². The van der Waals surface area contributed by atoms with Crippen molar-refractivity contribution < 1.29 is 9.84 Å². The molecule has 19 heavy (non-hydrogen) atoms. The van der Waals surface area contributed by atoms with Crippen LogP contribution in [0.15, 0.2) is 18.2 Å². The van der Waals surface area contributed by atoms with E-state index in [-0.39, 0.29) is 0 Å². The molecule has 2 unspecified atom stereocenters. The molecule has 2 aliphatic heterocycles. The van der Waals surface area contributed by atoms with E-state index in [1.165, 1.54) is 16.9 Å². The van der Waals surface area contributed by atoms with Gasteiger partial charge in [0.05, 0.1) is 12.2 Å². The maximum atomic E-state index is 10.7. The molecule has 1 saturated heterocycles. The third kappa shape index (κ3) is 2.77. The topological polar surface area (TPSA) is 29.5 Å². The van der Waals surface area contributed by atoms with Gasteiger partial charge in [0.1, 0.15) is 5.75 Å². The highest BCUT2D eigenvalue weighted by Crippen LogP contribution is 2.37. The van der Waals surface area contributed by atoms with E-state index in [1.54, 1.807) is 0 Å². The Bertz CT molecular complexity index is 460. The summed E-state index contributed by atoms with van der Waals surface area (Å²) in [7, 11) is 0. The zero-order valence-electron chi connectivity index (χ0n) is 11.5. The van der Waals surface area contributed by atoms with E-state index in [9.17, 15) is 5.11 Å². The van der Waals surface area contributed by atoms with Crippen LogP contribution in [0.1, 0.15) is 37.3 Å². The maximum Gasteiger partial charge on any atom is 0.122 e. The van der Waals surface area contributed by atoms with Gasteiger partial charge in [-0.05, 0) is 48.6 Å². The predicted molar refractivity (Wildman–Crippen MR) is 80.1 cm³/mol. The van der Waals surface area contributed by atoms with Crippen LogP contribution in [0.2, 0.25) is 0 Å². The molecule has 0 radical (unpaired) electrons. The molecule has 2 nitrogen and oxygen atoms in total. The SMILES string of the molecule is CC1SCCCC1(O)CCc1ccc2c(c1)CCO2. The van der Waals surface area contributed by atoms with Crippen molar-refractivity contribution in [2.75, 3.05) is 12.4 Å². The summed E-state index contributed by atoms with van der Waals surface area (Å²) in [6, 6.07) is 6.49. The fourth-order valence-corrected chi connectivity index (χ4v) is 4.29. The fraction of sp³-hybridized carbons (Fsp3) is 0.625. The van der Waals surface area contributed by atoms with Crippen molar-refractivity contribution in [1.29, 1.82) is 0 Å². The number of fused-ring (bicyclic) bond motifs is 1. The van der Waals surface area contributed by atoms with Crippen LogP contribution in [0, 0.1) is 0 Å². The number of benzene rings is 1. The molecular formula is C16H22O2S. The van der Waals surface area contributed by atoms with Crippen LogP contribution in [-0.4, -0.2) is 28.3 Å². The van der Waals surface area contributed by atoms with Gasteiger partial charge in [-0.3, -0.25) is 0 Å². The molecule has 1 fully saturated rings. The van der Waals surface area contributed by atoms with E-state index < -0.39 is 5.60 Å². The zero-order valence-corrected chi connectivity index (χ0v) is 12.3. The second-order valence-corrected chi connectivity index (χ2v) is 7.21. The third-order valence-corrected chi connectivity index (χ3v) is 5.94. The van der Waals surface area contributed by atoms with Gasteiger partial charge in [0.2, 0.25) is 0 Å². The van der Waals surface area contributed by atoms with Gasteiger partial charge < -0.3 is 9.84 Å². The first-order valence-corrected chi connectivity index (χ1v) is 8.31. The molecule has 2 atom stereocenters. The molecule has 0 saturated carbocycles. The second kappa shape index (κ2) is 5.37. The first-order valence-electron chi connectivity index (χ1n) is 7.26. The van der Waals surface area contributed by atoms with Crippen molar-refractivity contribution in [1.82, 2.24) is 0 Å². The summed E-state index contributed by atoms with van der Waals surface area (Å²) >= 11 is 1.91. The average Bonchev–Trinajstić information content (AvgIpc) is 2.88. The minimum absolute atomic E-state index is 0.360. The molecule has 3 heteroatoms. The fourth-order valence-electron chi connectivity index (χ4n) is 3.08. The summed E-state index contributed by atoms with van der Waals surface area (Å²) in [5.41, 5.74) is 2.19. The van der Waals surface area contributed by atoms with Crippen LogP contribution in [0.3, 0.4) is 0 Å². The quantitative estimate of drug-likeness (QED) is 0.920. The number of hydrogen-bond acceptors (Lipinski definition) is 3. The summed E-state index contributed by atoms with van der Waals surface area (Å²) < 4.78 is 5.53. The van der Waals surface area contributed by atoms with Crippen LogP contribution in [0.5, 0.6) is 5.75 Å². The van der Waals surface area contributed by atoms with E-state index in [4.69, 9.17) is 4.74 Å². The number of ether oxygens (including phenoxy) is 1. The van der Waals surface area contributed by atoms with Gasteiger partial charge in [-0.1, -0.05) is 19.1 Å². The molecule has 1 aromatic carbocycles. The molecule has 1 N–H and O–H groups in total. The summed E-state index contributed by atoms with van der Waals surface area (Å²) in [4.78, 5) is 0. The molecular weight excluding hydrogens is 256 g/mol. The first-order chi connectivity index (χ1) is 9.17. The van der Waals surface area contributed by atoms with Gasteiger partial charge in [0.25, 0.3) is 0 Å². The lowest BCUT2D eigenvalue weighted by Crippen LogP contribution is -2.42. The Morgan fingerprint density at radius 2 is 2.37 bits per heavy atom. The Balaban J connectivity index is 1.65. The van der Waals surface area contributed by atoms with Crippen molar-refractivity contribution in [3.05, 3.63) is 29.3 Å². The summed E-state index contributed by atoms with van der Waals surface area (Å²) in [5.74, 6) is 2.24. The van der Waals surface area contributed by atoms with Crippen molar-refractivity contribution in [2.24, 2.45) is 0 Å². The minimum atomic E-state index is -0.474. The molecule has 2 aliphatic rings. The number of rotatable bonds is 3. The molecule has 0 spiro atoms. The van der Waals surface area contributed by atoms with Gasteiger partial charge in [0, 0.05) is 11.7 Å². The van der Waals surface area contributed by atoms with Crippen LogP contribution >= 0.6 is 11.8 Å². The van der Waals surface area contributed by atoms with Crippen LogP contribution in [0.4, 0.5) is 0 Å². The molecule has 0 bridgehead atoms. The van der Waals surface area contributed by atoms with Crippen LogP contribution < -0.4 is 4.74 Å². The average molecular weight is 278 g/mol. The monoisotopic (exact) mass is 278 g/mol.